The van der Waals surface area contributed by atoms with E-state index in [4.69, 9.17) is 9.47 Å². The number of urea groups is 1. The zero-order valence-electron chi connectivity index (χ0n) is 12.9. The van der Waals surface area contributed by atoms with Crippen molar-refractivity contribution in [3.05, 3.63) is 35.4 Å². The van der Waals surface area contributed by atoms with Crippen LogP contribution in [0.25, 0.3) is 6.08 Å². The van der Waals surface area contributed by atoms with Crippen LogP contribution in [0.2, 0.25) is 0 Å². The summed E-state index contributed by atoms with van der Waals surface area (Å²) < 4.78 is 10.3. The molecule has 1 heterocycles. The first-order valence-corrected chi connectivity index (χ1v) is 7.15. The van der Waals surface area contributed by atoms with Crippen LogP contribution in [-0.4, -0.2) is 37.2 Å². The van der Waals surface area contributed by atoms with E-state index in [1.54, 1.807) is 26.0 Å². The lowest BCUT2D eigenvalue weighted by Gasteiger charge is -2.16. The minimum atomic E-state index is -0.700. The zero-order valence-corrected chi connectivity index (χ0v) is 12.9. The van der Waals surface area contributed by atoms with Gasteiger partial charge in [0.05, 0.1) is 5.57 Å². The van der Waals surface area contributed by atoms with E-state index in [0.29, 0.717) is 11.3 Å². The summed E-state index contributed by atoms with van der Waals surface area (Å²) in [6.07, 6.45) is 1.66. The van der Waals surface area contributed by atoms with Crippen LogP contribution >= 0.6 is 0 Å². The van der Waals surface area contributed by atoms with Crippen molar-refractivity contribution >= 4 is 24.0 Å². The standard InChI is InChI=1S/C16H18N2O5/c1-10(2)17-16(21)18-14(19)9-23-15(20)12-7-11-5-3-4-6-13(11)22-8-12/h3-7,10H,8-9H2,1-2H3,(H2,17,18,19,21). The quantitative estimate of drug-likeness (QED) is 0.815. The normalized spacial score (nSPS) is 12.6. The summed E-state index contributed by atoms with van der Waals surface area (Å²) in [6.45, 7) is 3.06. The number of amides is 3. The lowest BCUT2D eigenvalue weighted by molar-refractivity contribution is -0.144. The van der Waals surface area contributed by atoms with Crippen molar-refractivity contribution in [1.29, 1.82) is 0 Å². The molecule has 1 aromatic carbocycles. The molecule has 1 aliphatic heterocycles. The molecule has 2 rings (SSSR count). The van der Waals surface area contributed by atoms with E-state index in [-0.39, 0.29) is 12.6 Å². The fourth-order valence-electron chi connectivity index (χ4n) is 1.92. The highest BCUT2D eigenvalue weighted by atomic mass is 16.5. The van der Waals surface area contributed by atoms with Crippen molar-refractivity contribution in [1.82, 2.24) is 10.6 Å². The van der Waals surface area contributed by atoms with Gasteiger partial charge in [-0.1, -0.05) is 18.2 Å². The molecule has 122 valence electrons. The Morgan fingerprint density at radius 2 is 2.00 bits per heavy atom. The number of fused-ring (bicyclic) bond motifs is 1. The van der Waals surface area contributed by atoms with Crippen LogP contribution in [0.3, 0.4) is 0 Å². The van der Waals surface area contributed by atoms with Crippen LogP contribution in [0.5, 0.6) is 5.75 Å². The van der Waals surface area contributed by atoms with E-state index in [9.17, 15) is 14.4 Å². The van der Waals surface area contributed by atoms with Crippen LogP contribution in [0.1, 0.15) is 19.4 Å². The number of carbonyl (C=O) groups excluding carboxylic acids is 3. The van der Waals surface area contributed by atoms with E-state index < -0.39 is 24.5 Å². The zero-order chi connectivity index (χ0) is 16.8. The number of ether oxygens (including phenoxy) is 2. The number of hydrogen-bond acceptors (Lipinski definition) is 5. The molecule has 0 saturated heterocycles. The van der Waals surface area contributed by atoms with Crippen LogP contribution in [-0.2, 0) is 14.3 Å². The fraction of sp³-hybridized carbons (Fsp3) is 0.312. The summed E-state index contributed by atoms with van der Waals surface area (Å²) in [4.78, 5) is 34.8. The molecular formula is C16H18N2O5. The van der Waals surface area contributed by atoms with Crippen molar-refractivity contribution < 1.29 is 23.9 Å². The maximum absolute atomic E-state index is 11.9. The Hall–Kier alpha value is -2.83. The average Bonchev–Trinajstić information content (AvgIpc) is 2.51. The number of para-hydroxylation sites is 1. The minimum Gasteiger partial charge on any atom is -0.488 e. The first kappa shape index (κ1) is 16.5. The molecule has 0 bridgehead atoms. The first-order chi connectivity index (χ1) is 11.0. The second kappa shape index (κ2) is 7.44. The second-order valence-electron chi connectivity index (χ2n) is 5.25. The number of imide groups is 1. The van der Waals surface area contributed by atoms with Gasteiger partial charge in [0.2, 0.25) is 0 Å². The van der Waals surface area contributed by atoms with Gasteiger partial charge >= 0.3 is 12.0 Å². The molecule has 0 spiro atoms. The summed E-state index contributed by atoms with van der Waals surface area (Å²) in [5.41, 5.74) is 1.08. The fourth-order valence-corrected chi connectivity index (χ4v) is 1.92. The third-order valence-electron chi connectivity index (χ3n) is 2.90. The number of rotatable bonds is 4. The maximum Gasteiger partial charge on any atom is 0.338 e. The maximum atomic E-state index is 11.9. The molecule has 7 nitrogen and oxygen atoms in total. The molecule has 1 aliphatic rings. The summed E-state index contributed by atoms with van der Waals surface area (Å²) in [6, 6.07) is 6.54. The highest BCUT2D eigenvalue weighted by molar-refractivity contribution is 5.98. The number of benzene rings is 1. The molecule has 0 unspecified atom stereocenters. The number of hydrogen-bond donors (Lipinski definition) is 2. The van der Waals surface area contributed by atoms with Gasteiger partial charge in [0.15, 0.2) is 6.61 Å². The van der Waals surface area contributed by atoms with Crippen molar-refractivity contribution in [3.8, 4) is 5.75 Å². The van der Waals surface area contributed by atoms with Gasteiger partial charge in [-0.25, -0.2) is 9.59 Å². The Morgan fingerprint density at radius 3 is 2.74 bits per heavy atom. The van der Waals surface area contributed by atoms with Crippen molar-refractivity contribution in [3.63, 3.8) is 0 Å². The lowest BCUT2D eigenvalue weighted by Crippen LogP contribution is -2.44. The van der Waals surface area contributed by atoms with Gasteiger partial charge in [-0.2, -0.15) is 0 Å². The topological polar surface area (TPSA) is 93.7 Å². The largest absolute Gasteiger partial charge is 0.488 e. The number of carbonyl (C=O) groups is 3. The number of esters is 1. The van der Waals surface area contributed by atoms with E-state index in [1.165, 1.54) is 0 Å². The SMILES string of the molecule is CC(C)NC(=O)NC(=O)COC(=O)C1=Cc2ccccc2OC1. The van der Waals surface area contributed by atoms with Gasteiger partial charge in [-0.3, -0.25) is 10.1 Å². The van der Waals surface area contributed by atoms with Crippen molar-refractivity contribution in [2.45, 2.75) is 19.9 Å². The summed E-state index contributed by atoms with van der Waals surface area (Å²) in [5, 5.41) is 4.56. The molecule has 0 atom stereocenters. The Morgan fingerprint density at radius 1 is 1.26 bits per heavy atom. The van der Waals surface area contributed by atoms with E-state index >= 15 is 0 Å². The molecule has 1 aromatic rings. The second-order valence-corrected chi connectivity index (χ2v) is 5.25. The monoisotopic (exact) mass is 318 g/mol. The van der Waals surface area contributed by atoms with Gasteiger partial charge < -0.3 is 14.8 Å². The van der Waals surface area contributed by atoms with Crippen molar-refractivity contribution in [2.75, 3.05) is 13.2 Å². The molecule has 3 amide bonds. The molecule has 2 N–H and O–H groups in total. The van der Waals surface area contributed by atoms with E-state index in [1.807, 2.05) is 18.2 Å². The predicted molar refractivity (Wildman–Crippen MR) is 82.7 cm³/mol. The smallest absolute Gasteiger partial charge is 0.338 e. The molecule has 7 heteroatoms. The average molecular weight is 318 g/mol. The minimum absolute atomic E-state index is 0.0747. The van der Waals surface area contributed by atoms with Gasteiger partial charge in [0.1, 0.15) is 12.4 Å². The molecule has 23 heavy (non-hydrogen) atoms. The predicted octanol–water partition coefficient (Wildman–Crippen LogP) is 1.24. The first-order valence-electron chi connectivity index (χ1n) is 7.15. The third-order valence-corrected chi connectivity index (χ3v) is 2.90. The third kappa shape index (κ3) is 4.84. The number of nitrogens with one attached hydrogen (secondary N) is 2. The summed E-state index contributed by atoms with van der Waals surface area (Å²) >= 11 is 0. The highest BCUT2D eigenvalue weighted by Crippen LogP contribution is 2.25. The molecule has 0 fully saturated rings. The van der Waals surface area contributed by atoms with Crippen LogP contribution in [0.4, 0.5) is 4.79 Å². The Kier molecular flexibility index (Phi) is 5.35. The van der Waals surface area contributed by atoms with Crippen LogP contribution < -0.4 is 15.4 Å². The Balaban J connectivity index is 1.85. The van der Waals surface area contributed by atoms with Crippen molar-refractivity contribution in [2.24, 2.45) is 0 Å². The summed E-state index contributed by atoms with van der Waals surface area (Å²) in [7, 11) is 0. The summed E-state index contributed by atoms with van der Waals surface area (Å²) in [5.74, 6) is -0.666. The lowest BCUT2D eigenvalue weighted by atomic mass is 10.1. The Labute approximate surface area is 133 Å². The van der Waals surface area contributed by atoms with Gasteiger partial charge in [-0.05, 0) is 26.0 Å². The molecular weight excluding hydrogens is 300 g/mol. The van der Waals surface area contributed by atoms with Gasteiger partial charge in [-0.15, -0.1) is 0 Å². The van der Waals surface area contributed by atoms with E-state index in [2.05, 4.69) is 10.6 Å². The Bertz CT molecular complexity index is 652. The molecule has 0 aromatic heterocycles. The van der Waals surface area contributed by atoms with Gasteiger partial charge in [0.25, 0.3) is 5.91 Å². The van der Waals surface area contributed by atoms with Gasteiger partial charge in [0, 0.05) is 11.6 Å². The highest BCUT2D eigenvalue weighted by Gasteiger charge is 2.19. The van der Waals surface area contributed by atoms with E-state index in [0.717, 1.165) is 5.56 Å². The van der Waals surface area contributed by atoms with Crippen LogP contribution in [0, 0.1) is 0 Å². The molecule has 0 saturated carbocycles. The van der Waals surface area contributed by atoms with Crippen LogP contribution in [0.15, 0.2) is 29.8 Å². The molecule has 0 aliphatic carbocycles. The molecule has 0 radical (unpaired) electrons.